The van der Waals surface area contributed by atoms with Gasteiger partial charge in [0.2, 0.25) is 6.23 Å². The second-order valence-corrected chi connectivity index (χ2v) is 4.70. The van der Waals surface area contributed by atoms with Crippen LogP contribution in [0, 0.1) is 22.9 Å². The molecular weight excluding hydrogens is 292 g/mol. The number of nitrogens with zero attached hydrogens (tertiary/aromatic N) is 4. The van der Waals surface area contributed by atoms with Gasteiger partial charge in [-0.15, -0.1) is 0 Å². The van der Waals surface area contributed by atoms with Gasteiger partial charge in [-0.25, -0.2) is 14.9 Å². The van der Waals surface area contributed by atoms with E-state index in [4.69, 9.17) is 15.4 Å². The Hall–Kier alpha value is -3.55. The van der Waals surface area contributed by atoms with Gasteiger partial charge in [0.25, 0.3) is 0 Å². The van der Waals surface area contributed by atoms with Crippen molar-refractivity contribution in [2.24, 2.45) is 4.99 Å². The van der Waals surface area contributed by atoms with Crippen LogP contribution in [0.15, 0.2) is 53.5 Å². The summed E-state index contributed by atoms with van der Waals surface area (Å²) in [7, 11) is 0. The van der Waals surface area contributed by atoms with Crippen molar-refractivity contribution in [1.82, 2.24) is 0 Å². The summed E-state index contributed by atoms with van der Waals surface area (Å²) in [6.07, 6.45) is 4.86. The summed E-state index contributed by atoms with van der Waals surface area (Å²) in [4.78, 5) is 10.1. The summed E-state index contributed by atoms with van der Waals surface area (Å²) < 4.78 is 0. The SMILES string of the molecule is N#CNc1cccc(C2N=CN(c3cccc(NC#N)c3)O2)c1. The lowest BCUT2D eigenvalue weighted by Gasteiger charge is -2.17. The van der Waals surface area contributed by atoms with E-state index in [1.807, 2.05) is 42.7 Å². The number of benzene rings is 2. The van der Waals surface area contributed by atoms with E-state index in [2.05, 4.69) is 15.6 Å². The second-order valence-electron chi connectivity index (χ2n) is 4.70. The summed E-state index contributed by atoms with van der Waals surface area (Å²) in [6, 6.07) is 14.5. The second kappa shape index (κ2) is 6.48. The van der Waals surface area contributed by atoms with Crippen molar-refractivity contribution in [2.45, 2.75) is 6.23 Å². The van der Waals surface area contributed by atoms with Gasteiger partial charge < -0.3 is 0 Å². The zero-order valence-electron chi connectivity index (χ0n) is 12.0. The van der Waals surface area contributed by atoms with Crippen LogP contribution in [0.3, 0.4) is 0 Å². The third-order valence-electron chi connectivity index (χ3n) is 3.19. The van der Waals surface area contributed by atoms with Crippen molar-refractivity contribution in [3.05, 3.63) is 54.1 Å². The molecule has 0 spiro atoms. The number of nitriles is 2. The summed E-state index contributed by atoms with van der Waals surface area (Å²) >= 11 is 0. The van der Waals surface area contributed by atoms with Crippen LogP contribution in [0.2, 0.25) is 0 Å². The molecule has 2 N–H and O–H groups in total. The summed E-state index contributed by atoms with van der Waals surface area (Å²) in [5.41, 5.74) is 2.94. The van der Waals surface area contributed by atoms with Crippen molar-refractivity contribution >= 4 is 23.4 Å². The van der Waals surface area contributed by atoms with E-state index < -0.39 is 6.23 Å². The standard InChI is InChI=1S/C16H12N6O/c17-9-19-13-4-1-3-12(7-13)16-21-11-22(23-16)15-6-2-5-14(8-15)20-10-18/h1-8,11,16,19-20H. The van der Waals surface area contributed by atoms with Crippen LogP contribution in [0.25, 0.3) is 0 Å². The molecule has 1 atom stereocenters. The molecule has 0 aromatic heterocycles. The van der Waals surface area contributed by atoms with Crippen LogP contribution in [0.1, 0.15) is 11.8 Å². The molecule has 2 aromatic carbocycles. The molecule has 1 unspecified atom stereocenters. The Bertz CT molecular complexity index is 752. The van der Waals surface area contributed by atoms with Gasteiger partial charge >= 0.3 is 0 Å². The molecule has 112 valence electrons. The van der Waals surface area contributed by atoms with Gasteiger partial charge in [0.15, 0.2) is 12.4 Å². The number of hydroxylamine groups is 1. The maximum absolute atomic E-state index is 8.68. The lowest BCUT2D eigenvalue weighted by molar-refractivity contribution is 0.0876. The highest BCUT2D eigenvalue weighted by Crippen LogP contribution is 2.30. The molecule has 1 aliphatic heterocycles. The first kappa shape index (κ1) is 14.4. The first-order chi connectivity index (χ1) is 11.3. The minimum Gasteiger partial charge on any atom is -0.293 e. The van der Waals surface area contributed by atoms with Gasteiger partial charge in [-0.3, -0.25) is 10.6 Å². The third kappa shape index (κ3) is 3.21. The smallest absolute Gasteiger partial charge is 0.202 e. The molecule has 0 radical (unpaired) electrons. The van der Waals surface area contributed by atoms with Crippen LogP contribution >= 0.6 is 0 Å². The molecule has 0 fully saturated rings. The molecule has 1 aliphatic rings. The predicted octanol–water partition coefficient (Wildman–Crippen LogP) is 2.95. The third-order valence-corrected chi connectivity index (χ3v) is 3.19. The Balaban J connectivity index is 1.75. The van der Waals surface area contributed by atoms with Crippen molar-refractivity contribution in [1.29, 1.82) is 10.5 Å². The number of aliphatic imine (C=N–C) groups is 1. The number of hydrogen-bond acceptors (Lipinski definition) is 7. The maximum Gasteiger partial charge on any atom is 0.202 e. The molecule has 7 heteroatoms. The van der Waals surface area contributed by atoms with Gasteiger partial charge in [0, 0.05) is 16.9 Å². The molecular formula is C16H12N6O. The molecule has 1 heterocycles. The number of nitrogens with one attached hydrogen (secondary N) is 2. The molecule has 0 bridgehead atoms. The first-order valence-corrected chi connectivity index (χ1v) is 6.80. The predicted molar refractivity (Wildman–Crippen MR) is 86.2 cm³/mol. The zero-order chi connectivity index (χ0) is 16.1. The molecule has 0 aliphatic carbocycles. The van der Waals surface area contributed by atoms with Gasteiger partial charge in [0.1, 0.15) is 6.34 Å². The zero-order valence-corrected chi connectivity index (χ0v) is 12.0. The van der Waals surface area contributed by atoms with E-state index in [1.54, 1.807) is 24.5 Å². The fraction of sp³-hybridized carbons (Fsp3) is 0.0625. The van der Waals surface area contributed by atoms with Crippen molar-refractivity contribution in [3.8, 4) is 12.4 Å². The van der Waals surface area contributed by atoms with E-state index in [1.165, 1.54) is 5.06 Å². The van der Waals surface area contributed by atoms with Gasteiger partial charge in [-0.1, -0.05) is 18.2 Å². The van der Waals surface area contributed by atoms with Crippen LogP contribution in [-0.2, 0) is 4.84 Å². The summed E-state index contributed by atoms with van der Waals surface area (Å²) in [5.74, 6) is 0. The Labute approximate surface area is 133 Å². The van der Waals surface area contributed by atoms with Crippen LogP contribution in [0.4, 0.5) is 17.1 Å². The summed E-state index contributed by atoms with van der Waals surface area (Å²) in [6.45, 7) is 0. The highest BCUT2D eigenvalue weighted by Gasteiger charge is 2.21. The molecule has 0 amide bonds. The molecule has 7 nitrogen and oxygen atoms in total. The minimum atomic E-state index is -0.483. The Morgan fingerprint density at radius 3 is 2.43 bits per heavy atom. The normalized spacial score (nSPS) is 15.7. The number of hydrogen-bond donors (Lipinski definition) is 2. The Kier molecular flexibility index (Phi) is 4.05. The highest BCUT2D eigenvalue weighted by atomic mass is 16.7. The quantitative estimate of drug-likeness (QED) is 0.666. The van der Waals surface area contributed by atoms with Crippen molar-refractivity contribution in [2.75, 3.05) is 15.7 Å². The van der Waals surface area contributed by atoms with E-state index in [9.17, 15) is 0 Å². The van der Waals surface area contributed by atoms with Crippen LogP contribution < -0.4 is 15.7 Å². The number of anilines is 3. The Morgan fingerprint density at radius 1 is 1.00 bits per heavy atom. The molecule has 0 saturated carbocycles. The van der Waals surface area contributed by atoms with Crippen LogP contribution in [0.5, 0.6) is 0 Å². The monoisotopic (exact) mass is 304 g/mol. The van der Waals surface area contributed by atoms with Crippen molar-refractivity contribution < 1.29 is 4.84 Å². The van der Waals surface area contributed by atoms with E-state index in [0.717, 1.165) is 11.3 Å². The number of rotatable bonds is 4. The maximum atomic E-state index is 8.68. The highest BCUT2D eigenvalue weighted by molar-refractivity contribution is 5.79. The average Bonchev–Trinajstić information content (AvgIpc) is 3.06. The minimum absolute atomic E-state index is 0.483. The molecule has 23 heavy (non-hydrogen) atoms. The largest absolute Gasteiger partial charge is 0.293 e. The van der Waals surface area contributed by atoms with Gasteiger partial charge in [0.05, 0.1) is 5.69 Å². The van der Waals surface area contributed by atoms with Gasteiger partial charge in [-0.05, 0) is 30.3 Å². The fourth-order valence-corrected chi connectivity index (χ4v) is 2.18. The van der Waals surface area contributed by atoms with E-state index in [-0.39, 0.29) is 0 Å². The van der Waals surface area contributed by atoms with Crippen LogP contribution in [-0.4, -0.2) is 6.34 Å². The fourth-order valence-electron chi connectivity index (χ4n) is 2.18. The van der Waals surface area contributed by atoms with Crippen molar-refractivity contribution in [3.63, 3.8) is 0 Å². The summed E-state index contributed by atoms with van der Waals surface area (Å²) in [5, 5.41) is 24.0. The first-order valence-electron chi connectivity index (χ1n) is 6.80. The van der Waals surface area contributed by atoms with E-state index in [0.29, 0.717) is 11.4 Å². The lowest BCUT2D eigenvalue weighted by Crippen LogP contribution is -2.17. The van der Waals surface area contributed by atoms with Gasteiger partial charge in [-0.2, -0.15) is 10.5 Å². The molecule has 3 rings (SSSR count). The van der Waals surface area contributed by atoms with E-state index >= 15 is 0 Å². The lowest BCUT2D eigenvalue weighted by atomic mass is 10.2. The topological polar surface area (TPSA) is 96.5 Å². The Morgan fingerprint density at radius 2 is 1.70 bits per heavy atom. The average molecular weight is 304 g/mol. The molecule has 0 saturated heterocycles. The molecule has 2 aromatic rings.